The first kappa shape index (κ1) is 21.6. The zero-order chi connectivity index (χ0) is 22.3. The molecule has 3 rings (SSSR count). The monoisotopic (exact) mass is 437 g/mol. The van der Waals surface area contributed by atoms with Crippen LogP contribution in [0.15, 0.2) is 24.5 Å². The molecule has 0 aliphatic carbocycles. The number of anilines is 2. The summed E-state index contributed by atoms with van der Waals surface area (Å²) in [5.74, 6) is -7.42. The van der Waals surface area contributed by atoms with Gasteiger partial charge in [0, 0.05) is 43.7 Å². The second-order valence-electron chi connectivity index (χ2n) is 6.55. The molecule has 0 saturated carbocycles. The molecule has 1 aliphatic heterocycles. The van der Waals surface area contributed by atoms with E-state index in [1.165, 1.54) is 0 Å². The molecule has 0 radical (unpaired) electrons. The van der Waals surface area contributed by atoms with Crippen molar-refractivity contribution in [1.82, 2.24) is 14.9 Å². The van der Waals surface area contributed by atoms with Gasteiger partial charge in [0.25, 0.3) is 11.8 Å². The lowest BCUT2D eigenvalue weighted by atomic mass is 10.1. The number of carbonyl (C=O) groups excluding carboxylic acids is 1. The lowest BCUT2D eigenvalue weighted by Crippen LogP contribution is -2.47. The molecular weight excluding hydrogens is 423 g/mol. The van der Waals surface area contributed by atoms with E-state index in [0.29, 0.717) is 24.5 Å². The van der Waals surface area contributed by atoms with Gasteiger partial charge in [-0.05, 0) is 6.07 Å². The van der Waals surface area contributed by atoms with Crippen LogP contribution >= 0.6 is 0 Å². The molecule has 3 N–H and O–H groups in total. The number of nitrogens with one attached hydrogen (secondary N) is 1. The van der Waals surface area contributed by atoms with Gasteiger partial charge in [-0.3, -0.25) is 4.79 Å². The number of hydrogen-bond acceptors (Lipinski definition) is 5. The minimum Gasteiger partial charge on any atom is -0.398 e. The molecule has 6 nitrogen and oxygen atoms in total. The van der Waals surface area contributed by atoms with Crippen LogP contribution in [0.2, 0.25) is 0 Å². The third kappa shape index (κ3) is 4.24. The van der Waals surface area contributed by atoms with E-state index < -0.39 is 72.0 Å². The number of likely N-dealkylation sites (tertiary alicyclic amines) is 1. The van der Waals surface area contributed by atoms with E-state index in [-0.39, 0.29) is 5.95 Å². The maximum absolute atomic E-state index is 14.3. The lowest BCUT2D eigenvalue weighted by Gasteiger charge is -2.28. The van der Waals surface area contributed by atoms with Crippen LogP contribution in [0.25, 0.3) is 0 Å². The van der Waals surface area contributed by atoms with Crippen molar-refractivity contribution in [3.05, 3.63) is 47.3 Å². The van der Waals surface area contributed by atoms with Crippen LogP contribution in [0, 0.1) is 11.6 Å². The van der Waals surface area contributed by atoms with Gasteiger partial charge in [0.05, 0.1) is 11.1 Å². The normalized spacial score (nSPS) is 18.5. The number of aromatic nitrogens is 2. The summed E-state index contributed by atoms with van der Waals surface area (Å²) in [4.78, 5) is 20.2. The fraction of sp³-hybridized carbons (Fsp3) is 0.353. The van der Waals surface area contributed by atoms with Gasteiger partial charge in [0.15, 0.2) is 11.6 Å². The predicted octanol–water partition coefficient (Wildman–Crippen LogP) is 3.32. The van der Waals surface area contributed by atoms with Crippen LogP contribution in [0.1, 0.15) is 22.3 Å². The molecule has 0 bridgehead atoms. The Kier molecular flexibility index (Phi) is 5.48. The number of hydrogen-bond donors (Lipinski definition) is 2. The summed E-state index contributed by atoms with van der Waals surface area (Å²) in [5.41, 5.74) is 3.49. The van der Waals surface area contributed by atoms with Gasteiger partial charge in [-0.1, -0.05) is 0 Å². The van der Waals surface area contributed by atoms with Gasteiger partial charge in [0.2, 0.25) is 5.95 Å². The maximum Gasteiger partial charge on any atom is 0.419 e. The first-order valence-electron chi connectivity index (χ1n) is 8.46. The van der Waals surface area contributed by atoms with Crippen molar-refractivity contribution in [1.29, 1.82) is 0 Å². The van der Waals surface area contributed by atoms with Crippen molar-refractivity contribution >= 4 is 17.5 Å². The first-order valence-corrected chi connectivity index (χ1v) is 8.46. The first-order chi connectivity index (χ1) is 13.9. The van der Waals surface area contributed by atoms with Gasteiger partial charge in [-0.25, -0.2) is 27.5 Å². The highest BCUT2D eigenvalue weighted by Crippen LogP contribution is 2.36. The van der Waals surface area contributed by atoms with Crippen molar-refractivity contribution in [3.8, 4) is 0 Å². The fourth-order valence-corrected chi connectivity index (χ4v) is 2.98. The second kappa shape index (κ2) is 7.61. The standard InChI is InChI=1S/C17H14F7N5O/c18-10-3-9(12(25)4-11(10)19)14(30)29-2-1-16(20,21)13(29)7-28-15-26-5-8(6-27-15)17(22,23)24/h3-6,13H,1-2,7,25H2,(H,26,27,28)/t13-/m1/s1. The summed E-state index contributed by atoms with van der Waals surface area (Å²) in [5, 5.41) is 2.36. The number of rotatable bonds is 4. The van der Waals surface area contributed by atoms with Gasteiger partial charge in [0.1, 0.15) is 6.04 Å². The minimum absolute atomic E-state index is 0.356. The lowest BCUT2D eigenvalue weighted by molar-refractivity contribution is -0.138. The average molecular weight is 437 g/mol. The molecule has 2 aromatic rings. The van der Waals surface area contributed by atoms with Gasteiger partial charge < -0.3 is 16.0 Å². The molecule has 2 heterocycles. The van der Waals surface area contributed by atoms with Gasteiger partial charge in [-0.15, -0.1) is 0 Å². The molecule has 0 spiro atoms. The SMILES string of the molecule is Nc1cc(F)c(F)cc1C(=O)N1CCC(F)(F)[C@H]1CNc1ncc(C(F)(F)F)cn1. The zero-order valence-corrected chi connectivity index (χ0v) is 15.0. The molecule has 162 valence electrons. The Hall–Kier alpha value is -3.12. The smallest absolute Gasteiger partial charge is 0.398 e. The Bertz CT molecular complexity index is 949. The summed E-state index contributed by atoms with van der Waals surface area (Å²) >= 11 is 0. The average Bonchev–Trinajstić information content (AvgIpc) is 2.96. The number of benzene rings is 1. The highest BCUT2D eigenvalue weighted by Gasteiger charge is 2.51. The Balaban J connectivity index is 1.78. The van der Waals surface area contributed by atoms with Crippen LogP contribution in [-0.2, 0) is 6.18 Å². The number of nitrogens with two attached hydrogens (primary N) is 1. The van der Waals surface area contributed by atoms with Crippen LogP contribution in [-0.4, -0.2) is 45.8 Å². The summed E-state index contributed by atoms with van der Waals surface area (Å²) < 4.78 is 92.9. The van der Waals surface area contributed by atoms with E-state index in [4.69, 9.17) is 5.73 Å². The number of alkyl halides is 5. The van der Waals surface area contributed by atoms with Gasteiger partial charge in [-0.2, -0.15) is 13.2 Å². The molecule has 1 fully saturated rings. The number of amides is 1. The van der Waals surface area contributed by atoms with Crippen molar-refractivity contribution in [2.75, 3.05) is 24.1 Å². The molecular formula is C17H14F7N5O. The third-order valence-electron chi connectivity index (χ3n) is 4.57. The molecule has 1 amide bonds. The van der Waals surface area contributed by atoms with Crippen LogP contribution in [0.3, 0.4) is 0 Å². The van der Waals surface area contributed by atoms with E-state index >= 15 is 0 Å². The molecule has 30 heavy (non-hydrogen) atoms. The van der Waals surface area contributed by atoms with Crippen LogP contribution in [0.5, 0.6) is 0 Å². The molecule has 13 heteroatoms. The number of nitrogen functional groups attached to an aromatic ring is 1. The van der Waals surface area contributed by atoms with E-state index in [9.17, 15) is 35.5 Å². The summed E-state index contributed by atoms with van der Waals surface area (Å²) in [7, 11) is 0. The Morgan fingerprint density at radius 3 is 2.40 bits per heavy atom. The van der Waals surface area contributed by atoms with Crippen LogP contribution < -0.4 is 11.1 Å². The minimum atomic E-state index is -4.66. The van der Waals surface area contributed by atoms with Crippen molar-refractivity contribution in [2.24, 2.45) is 0 Å². The van der Waals surface area contributed by atoms with E-state index in [2.05, 4.69) is 15.3 Å². The maximum atomic E-state index is 14.3. The second-order valence-corrected chi connectivity index (χ2v) is 6.55. The molecule has 1 atom stereocenters. The van der Waals surface area contributed by atoms with E-state index in [1.54, 1.807) is 0 Å². The van der Waals surface area contributed by atoms with Gasteiger partial charge >= 0.3 is 6.18 Å². The zero-order valence-electron chi connectivity index (χ0n) is 15.0. The largest absolute Gasteiger partial charge is 0.419 e. The summed E-state index contributed by atoms with van der Waals surface area (Å²) in [6.07, 6.45) is -4.41. The number of halogens is 7. The Morgan fingerprint density at radius 1 is 1.20 bits per heavy atom. The fourth-order valence-electron chi connectivity index (χ4n) is 2.98. The Labute approximate surface area is 164 Å². The summed E-state index contributed by atoms with van der Waals surface area (Å²) in [6.45, 7) is -1.00. The highest BCUT2D eigenvalue weighted by molar-refractivity contribution is 5.99. The quantitative estimate of drug-likeness (QED) is 0.567. The predicted molar refractivity (Wildman–Crippen MR) is 90.7 cm³/mol. The summed E-state index contributed by atoms with van der Waals surface area (Å²) in [6, 6.07) is -0.657. The Morgan fingerprint density at radius 2 is 1.80 bits per heavy atom. The molecule has 1 aromatic heterocycles. The molecule has 0 unspecified atom stereocenters. The molecule has 1 aliphatic rings. The third-order valence-corrected chi connectivity index (χ3v) is 4.57. The van der Waals surface area contributed by atoms with E-state index in [0.717, 1.165) is 4.90 Å². The number of carbonyl (C=O) groups is 1. The topological polar surface area (TPSA) is 84.1 Å². The number of nitrogens with zero attached hydrogens (tertiary/aromatic N) is 3. The molecule has 1 aromatic carbocycles. The van der Waals surface area contributed by atoms with Crippen LogP contribution in [0.4, 0.5) is 42.4 Å². The van der Waals surface area contributed by atoms with E-state index in [1.807, 2.05) is 0 Å². The van der Waals surface area contributed by atoms with Crippen molar-refractivity contribution < 1.29 is 35.5 Å². The molecule has 1 saturated heterocycles. The van der Waals surface area contributed by atoms with Crippen molar-refractivity contribution in [2.45, 2.75) is 24.6 Å². The highest BCUT2D eigenvalue weighted by atomic mass is 19.4. The van der Waals surface area contributed by atoms with Crippen molar-refractivity contribution in [3.63, 3.8) is 0 Å².